The first-order chi connectivity index (χ1) is 12.2. The number of hydrogen-bond acceptors (Lipinski definition) is 3. The first-order valence-electron chi connectivity index (χ1n) is 9.14. The third-order valence-corrected chi connectivity index (χ3v) is 5.98. The van der Waals surface area contributed by atoms with Gasteiger partial charge in [-0.3, -0.25) is 14.7 Å². The van der Waals surface area contributed by atoms with Gasteiger partial charge in [0, 0.05) is 38.2 Å². The zero-order valence-corrected chi connectivity index (χ0v) is 14.8. The van der Waals surface area contributed by atoms with E-state index in [2.05, 4.69) is 51.2 Å². The lowest BCUT2D eigenvalue weighted by molar-refractivity contribution is -0.131. The minimum atomic E-state index is 0.105. The zero-order chi connectivity index (χ0) is 17.3. The number of likely N-dealkylation sites (tertiary alicyclic amines) is 2. The third-order valence-electron chi connectivity index (χ3n) is 5.98. The van der Waals surface area contributed by atoms with Gasteiger partial charge < -0.3 is 4.90 Å². The van der Waals surface area contributed by atoms with Crippen LogP contribution in [0, 0.1) is 0 Å². The molecule has 0 saturated carbocycles. The Morgan fingerprint density at radius 2 is 1.88 bits per heavy atom. The van der Waals surface area contributed by atoms with E-state index in [1.165, 1.54) is 5.56 Å². The normalized spacial score (nSPS) is 26.4. The maximum absolute atomic E-state index is 12.2. The molecule has 2 atom stereocenters. The summed E-state index contributed by atoms with van der Waals surface area (Å²) < 4.78 is 0. The minimum absolute atomic E-state index is 0.105. The molecule has 25 heavy (non-hydrogen) atoms. The average Bonchev–Trinajstić information content (AvgIpc) is 3.04. The van der Waals surface area contributed by atoms with Crippen molar-refractivity contribution in [2.24, 2.45) is 0 Å². The summed E-state index contributed by atoms with van der Waals surface area (Å²) in [6.45, 7) is 5.40. The van der Waals surface area contributed by atoms with Crippen LogP contribution in [-0.2, 0) is 16.8 Å². The van der Waals surface area contributed by atoms with Crippen molar-refractivity contribution < 1.29 is 4.79 Å². The van der Waals surface area contributed by atoms with Gasteiger partial charge in [0.25, 0.3) is 0 Å². The van der Waals surface area contributed by atoms with E-state index in [1.807, 2.05) is 18.3 Å². The fourth-order valence-electron chi connectivity index (χ4n) is 4.69. The number of rotatable bonds is 3. The van der Waals surface area contributed by atoms with Gasteiger partial charge in [0.2, 0.25) is 5.91 Å². The van der Waals surface area contributed by atoms with E-state index in [-0.39, 0.29) is 17.4 Å². The quantitative estimate of drug-likeness (QED) is 0.865. The van der Waals surface area contributed by atoms with E-state index < -0.39 is 0 Å². The Labute approximate surface area is 149 Å². The summed E-state index contributed by atoms with van der Waals surface area (Å²) in [5.41, 5.74) is 2.59. The summed E-state index contributed by atoms with van der Waals surface area (Å²) in [5.74, 6) is 0.197. The van der Waals surface area contributed by atoms with Gasteiger partial charge in [-0.15, -0.1) is 0 Å². The molecule has 4 nitrogen and oxygen atoms in total. The van der Waals surface area contributed by atoms with Gasteiger partial charge in [0.1, 0.15) is 0 Å². The van der Waals surface area contributed by atoms with Crippen LogP contribution < -0.4 is 0 Å². The molecule has 2 aliphatic heterocycles. The number of hydrogen-bond donors (Lipinski definition) is 0. The summed E-state index contributed by atoms with van der Waals surface area (Å²) in [7, 11) is 0. The molecule has 2 aromatic rings. The highest BCUT2D eigenvalue weighted by Gasteiger charge is 2.51. The maximum Gasteiger partial charge on any atom is 0.219 e. The highest BCUT2D eigenvalue weighted by Crippen LogP contribution is 2.45. The van der Waals surface area contributed by atoms with Gasteiger partial charge in [-0.25, -0.2) is 0 Å². The molecular formula is C21H25N3O. The monoisotopic (exact) mass is 335 g/mol. The first-order valence-corrected chi connectivity index (χ1v) is 9.14. The molecule has 0 radical (unpaired) electrons. The van der Waals surface area contributed by atoms with Gasteiger partial charge >= 0.3 is 0 Å². The highest BCUT2D eigenvalue weighted by molar-refractivity contribution is 5.74. The number of amides is 1. The first kappa shape index (κ1) is 16.3. The number of carbonyl (C=O) groups excluding carboxylic acids is 1. The van der Waals surface area contributed by atoms with Crippen LogP contribution >= 0.6 is 0 Å². The molecule has 1 amide bonds. The molecular weight excluding hydrogens is 310 g/mol. The van der Waals surface area contributed by atoms with Crippen molar-refractivity contribution in [3.8, 4) is 0 Å². The second-order valence-electron chi connectivity index (χ2n) is 7.31. The number of benzene rings is 1. The number of carbonyl (C=O) groups is 1. The van der Waals surface area contributed by atoms with E-state index in [0.29, 0.717) is 0 Å². The van der Waals surface area contributed by atoms with E-state index in [0.717, 1.165) is 44.7 Å². The second-order valence-corrected chi connectivity index (χ2v) is 7.31. The molecule has 0 unspecified atom stereocenters. The molecule has 0 aliphatic carbocycles. The lowest BCUT2D eigenvalue weighted by Crippen LogP contribution is -2.56. The van der Waals surface area contributed by atoms with E-state index in [4.69, 9.17) is 0 Å². The molecule has 0 spiro atoms. The van der Waals surface area contributed by atoms with Crippen LogP contribution in [0.2, 0.25) is 0 Å². The lowest BCUT2D eigenvalue weighted by Gasteiger charge is -2.46. The molecule has 4 heteroatoms. The van der Waals surface area contributed by atoms with Crippen molar-refractivity contribution in [3.63, 3.8) is 0 Å². The molecule has 1 aromatic carbocycles. The second kappa shape index (κ2) is 6.60. The molecule has 1 aromatic heterocycles. The van der Waals surface area contributed by atoms with Crippen LogP contribution in [0.15, 0.2) is 54.7 Å². The number of pyridine rings is 1. The predicted molar refractivity (Wildman–Crippen MR) is 98.0 cm³/mol. The van der Waals surface area contributed by atoms with E-state index >= 15 is 0 Å². The lowest BCUT2D eigenvalue weighted by atomic mass is 9.69. The summed E-state index contributed by atoms with van der Waals surface area (Å²) in [6.07, 6.45) is 4.02. The zero-order valence-electron chi connectivity index (χ0n) is 14.8. The Morgan fingerprint density at radius 1 is 1.12 bits per heavy atom. The van der Waals surface area contributed by atoms with Crippen molar-refractivity contribution in [2.75, 3.05) is 19.6 Å². The Bertz CT molecular complexity index is 733. The Balaban J connectivity index is 1.61. The topological polar surface area (TPSA) is 36.4 Å². The SMILES string of the molecule is CC(=O)N1CC[C@]2(c3ccccc3)CCN(Cc3ccccn3)C[C@@H]12. The highest BCUT2D eigenvalue weighted by atomic mass is 16.2. The third kappa shape index (κ3) is 2.95. The van der Waals surface area contributed by atoms with Gasteiger partial charge in [0.05, 0.1) is 11.7 Å². The molecule has 130 valence electrons. The maximum atomic E-state index is 12.2. The summed E-state index contributed by atoms with van der Waals surface area (Å²) >= 11 is 0. The summed E-state index contributed by atoms with van der Waals surface area (Å²) in [5, 5.41) is 0. The van der Waals surface area contributed by atoms with Crippen LogP contribution in [0.1, 0.15) is 31.0 Å². The minimum Gasteiger partial charge on any atom is -0.338 e. The molecule has 4 rings (SSSR count). The molecule has 2 saturated heterocycles. The smallest absolute Gasteiger partial charge is 0.219 e. The fraction of sp³-hybridized carbons (Fsp3) is 0.429. The van der Waals surface area contributed by atoms with Crippen molar-refractivity contribution >= 4 is 5.91 Å². The van der Waals surface area contributed by atoms with Crippen LogP contribution in [0.25, 0.3) is 0 Å². The van der Waals surface area contributed by atoms with Crippen LogP contribution in [0.4, 0.5) is 0 Å². The van der Waals surface area contributed by atoms with Crippen molar-refractivity contribution in [1.29, 1.82) is 0 Å². The molecule has 0 bridgehead atoms. The number of aromatic nitrogens is 1. The molecule has 0 N–H and O–H groups in total. The molecule has 3 heterocycles. The predicted octanol–water partition coefficient (Wildman–Crippen LogP) is 2.85. The van der Waals surface area contributed by atoms with Gasteiger partial charge in [-0.1, -0.05) is 36.4 Å². The van der Waals surface area contributed by atoms with E-state index in [9.17, 15) is 4.79 Å². The van der Waals surface area contributed by atoms with Gasteiger partial charge in [-0.2, -0.15) is 0 Å². The standard InChI is InChI=1S/C21H25N3O/c1-17(25)24-14-11-21(18-7-3-2-4-8-18)10-13-23(16-20(21)24)15-19-9-5-6-12-22-19/h2-9,12,20H,10-11,13-16H2,1H3/t20-,21+/m1/s1. The van der Waals surface area contributed by atoms with Crippen molar-refractivity contribution in [2.45, 2.75) is 37.8 Å². The molecule has 2 aliphatic rings. The Morgan fingerprint density at radius 3 is 2.60 bits per heavy atom. The Kier molecular flexibility index (Phi) is 4.30. The van der Waals surface area contributed by atoms with Gasteiger partial charge in [0.15, 0.2) is 0 Å². The van der Waals surface area contributed by atoms with Crippen LogP contribution in [0.5, 0.6) is 0 Å². The van der Waals surface area contributed by atoms with E-state index in [1.54, 1.807) is 6.92 Å². The van der Waals surface area contributed by atoms with Crippen molar-refractivity contribution in [3.05, 3.63) is 66.0 Å². The summed E-state index contributed by atoms with van der Waals surface area (Å²) in [4.78, 5) is 21.2. The number of fused-ring (bicyclic) bond motifs is 1. The Hall–Kier alpha value is -2.20. The number of piperidine rings is 1. The fourth-order valence-corrected chi connectivity index (χ4v) is 4.69. The summed E-state index contributed by atoms with van der Waals surface area (Å²) in [6, 6.07) is 17.1. The van der Waals surface area contributed by atoms with Crippen LogP contribution in [0.3, 0.4) is 0 Å². The largest absolute Gasteiger partial charge is 0.338 e. The average molecular weight is 335 g/mol. The molecule has 2 fully saturated rings. The number of nitrogens with zero attached hydrogens (tertiary/aromatic N) is 3. The van der Waals surface area contributed by atoms with Gasteiger partial charge in [-0.05, 0) is 37.1 Å². The van der Waals surface area contributed by atoms with Crippen LogP contribution in [-0.4, -0.2) is 46.4 Å². The van der Waals surface area contributed by atoms with Crippen molar-refractivity contribution in [1.82, 2.24) is 14.8 Å².